The predicted molar refractivity (Wildman–Crippen MR) is 69.4 cm³/mol. The van der Waals surface area contributed by atoms with Crippen molar-refractivity contribution in [2.45, 2.75) is 25.7 Å². The van der Waals surface area contributed by atoms with E-state index in [1.54, 1.807) is 0 Å². The largest absolute Gasteiger partial charge is 0.381 e. The molecule has 17 heavy (non-hydrogen) atoms. The molecule has 0 aromatic rings. The van der Waals surface area contributed by atoms with Gasteiger partial charge in [-0.3, -0.25) is 4.79 Å². The molecule has 0 saturated carbocycles. The quantitative estimate of drug-likeness (QED) is 0.793. The standard InChI is InChI=1S/C12H22N2O2.ClH/c15-12(11-2-5-13-9-11)14-6-1-10-3-7-16-8-4-10;/h10-11,13H,1-9H2,(H,14,15);1H. The fourth-order valence-electron chi connectivity index (χ4n) is 2.46. The Hall–Kier alpha value is -0.320. The van der Waals surface area contributed by atoms with E-state index < -0.39 is 0 Å². The normalized spacial score (nSPS) is 25.3. The van der Waals surface area contributed by atoms with E-state index in [1.165, 1.54) is 0 Å². The Morgan fingerprint density at radius 1 is 1.29 bits per heavy atom. The molecule has 0 aromatic carbocycles. The topological polar surface area (TPSA) is 50.4 Å². The summed E-state index contributed by atoms with van der Waals surface area (Å²) in [5, 5.41) is 6.27. The van der Waals surface area contributed by atoms with Gasteiger partial charge in [-0.25, -0.2) is 0 Å². The van der Waals surface area contributed by atoms with E-state index >= 15 is 0 Å². The van der Waals surface area contributed by atoms with Gasteiger partial charge in [0, 0.05) is 26.3 Å². The van der Waals surface area contributed by atoms with Crippen molar-refractivity contribution in [1.82, 2.24) is 10.6 Å². The molecular weight excluding hydrogens is 240 g/mol. The Morgan fingerprint density at radius 3 is 2.71 bits per heavy atom. The van der Waals surface area contributed by atoms with Crippen LogP contribution in [0.1, 0.15) is 25.7 Å². The second-order valence-corrected chi connectivity index (χ2v) is 4.83. The van der Waals surface area contributed by atoms with Gasteiger partial charge in [0.2, 0.25) is 5.91 Å². The molecule has 0 aromatic heterocycles. The molecule has 2 saturated heterocycles. The van der Waals surface area contributed by atoms with Crippen molar-refractivity contribution in [2.24, 2.45) is 11.8 Å². The van der Waals surface area contributed by atoms with Gasteiger partial charge in [-0.1, -0.05) is 0 Å². The number of ether oxygens (including phenoxy) is 1. The fraction of sp³-hybridized carbons (Fsp3) is 0.917. The van der Waals surface area contributed by atoms with Gasteiger partial charge in [-0.05, 0) is 38.1 Å². The summed E-state index contributed by atoms with van der Waals surface area (Å²) in [4.78, 5) is 11.7. The van der Waals surface area contributed by atoms with Crippen molar-refractivity contribution in [1.29, 1.82) is 0 Å². The molecule has 2 aliphatic rings. The van der Waals surface area contributed by atoms with Gasteiger partial charge in [0.25, 0.3) is 0 Å². The summed E-state index contributed by atoms with van der Waals surface area (Å²) in [5.74, 6) is 1.18. The van der Waals surface area contributed by atoms with E-state index in [0.29, 0.717) is 0 Å². The van der Waals surface area contributed by atoms with Crippen molar-refractivity contribution >= 4 is 18.3 Å². The summed E-state index contributed by atoms with van der Waals surface area (Å²) >= 11 is 0. The molecule has 1 amide bonds. The zero-order chi connectivity index (χ0) is 11.2. The zero-order valence-corrected chi connectivity index (χ0v) is 11.1. The lowest BCUT2D eigenvalue weighted by Gasteiger charge is -2.22. The third-order valence-corrected chi connectivity index (χ3v) is 3.62. The maximum absolute atomic E-state index is 11.7. The van der Waals surface area contributed by atoms with Gasteiger partial charge in [-0.2, -0.15) is 0 Å². The van der Waals surface area contributed by atoms with Crippen molar-refractivity contribution in [3.8, 4) is 0 Å². The number of rotatable bonds is 4. The monoisotopic (exact) mass is 262 g/mol. The second kappa shape index (κ2) is 7.90. The van der Waals surface area contributed by atoms with Crippen molar-refractivity contribution in [3.63, 3.8) is 0 Å². The van der Waals surface area contributed by atoms with E-state index in [-0.39, 0.29) is 24.2 Å². The van der Waals surface area contributed by atoms with Crippen molar-refractivity contribution in [2.75, 3.05) is 32.8 Å². The first-order chi connectivity index (χ1) is 7.86. The van der Waals surface area contributed by atoms with E-state index in [9.17, 15) is 4.79 Å². The first kappa shape index (κ1) is 14.7. The van der Waals surface area contributed by atoms with Gasteiger partial charge < -0.3 is 15.4 Å². The van der Waals surface area contributed by atoms with Gasteiger partial charge in [-0.15, -0.1) is 12.4 Å². The third kappa shape index (κ3) is 4.82. The molecule has 4 nitrogen and oxygen atoms in total. The molecule has 2 N–H and O–H groups in total. The first-order valence-corrected chi connectivity index (χ1v) is 6.42. The maximum atomic E-state index is 11.7. The molecule has 2 heterocycles. The Bertz CT molecular complexity index is 227. The van der Waals surface area contributed by atoms with Crippen LogP contribution in [0.15, 0.2) is 0 Å². The highest BCUT2D eigenvalue weighted by atomic mass is 35.5. The molecule has 1 atom stereocenters. The molecule has 2 fully saturated rings. The number of carbonyl (C=O) groups excluding carboxylic acids is 1. The van der Waals surface area contributed by atoms with Crippen LogP contribution in [0.4, 0.5) is 0 Å². The summed E-state index contributed by atoms with van der Waals surface area (Å²) in [6.07, 6.45) is 4.40. The minimum Gasteiger partial charge on any atom is -0.381 e. The number of carbonyl (C=O) groups is 1. The average molecular weight is 263 g/mol. The molecular formula is C12H23ClN2O2. The van der Waals surface area contributed by atoms with Crippen molar-refractivity contribution < 1.29 is 9.53 Å². The molecule has 0 radical (unpaired) electrons. The van der Waals surface area contributed by atoms with Crippen molar-refractivity contribution in [3.05, 3.63) is 0 Å². The van der Waals surface area contributed by atoms with Gasteiger partial charge in [0.15, 0.2) is 0 Å². The van der Waals surface area contributed by atoms with Gasteiger partial charge in [0.1, 0.15) is 0 Å². The Balaban J connectivity index is 0.00000144. The molecule has 0 spiro atoms. The maximum Gasteiger partial charge on any atom is 0.224 e. The highest BCUT2D eigenvalue weighted by molar-refractivity contribution is 5.85. The number of amides is 1. The SMILES string of the molecule is Cl.O=C(NCCC1CCOCC1)C1CCNC1. The molecule has 2 aliphatic heterocycles. The molecule has 1 unspecified atom stereocenters. The van der Waals surface area contributed by atoms with Crippen LogP contribution < -0.4 is 10.6 Å². The van der Waals surface area contributed by atoms with E-state index in [1.807, 2.05) is 0 Å². The summed E-state index contributed by atoms with van der Waals surface area (Å²) in [6.45, 7) is 4.46. The molecule has 0 bridgehead atoms. The third-order valence-electron chi connectivity index (χ3n) is 3.62. The zero-order valence-electron chi connectivity index (χ0n) is 10.2. The average Bonchev–Trinajstić information content (AvgIpc) is 2.84. The minimum absolute atomic E-state index is 0. The number of hydrogen-bond donors (Lipinski definition) is 2. The van der Waals surface area contributed by atoms with E-state index in [4.69, 9.17) is 4.74 Å². The number of hydrogen-bond acceptors (Lipinski definition) is 3. The Labute approximate surface area is 109 Å². The van der Waals surface area contributed by atoms with Crippen LogP contribution >= 0.6 is 12.4 Å². The van der Waals surface area contributed by atoms with Crippen LogP contribution in [-0.4, -0.2) is 38.8 Å². The van der Waals surface area contributed by atoms with Crippen LogP contribution in [0, 0.1) is 11.8 Å². The summed E-state index contributed by atoms with van der Waals surface area (Å²) in [5.41, 5.74) is 0. The number of halogens is 1. The molecule has 100 valence electrons. The highest BCUT2D eigenvalue weighted by Crippen LogP contribution is 2.17. The predicted octanol–water partition coefficient (Wildman–Crippen LogP) is 0.951. The summed E-state index contributed by atoms with van der Waals surface area (Å²) in [6, 6.07) is 0. The van der Waals surface area contributed by atoms with E-state index in [0.717, 1.165) is 64.4 Å². The minimum atomic E-state index is 0. The Morgan fingerprint density at radius 2 is 2.06 bits per heavy atom. The van der Waals surface area contributed by atoms with Crippen LogP contribution in [0.25, 0.3) is 0 Å². The highest BCUT2D eigenvalue weighted by Gasteiger charge is 2.22. The number of nitrogens with one attached hydrogen (secondary N) is 2. The van der Waals surface area contributed by atoms with Gasteiger partial charge in [0.05, 0.1) is 5.92 Å². The molecule has 2 rings (SSSR count). The smallest absolute Gasteiger partial charge is 0.224 e. The fourth-order valence-corrected chi connectivity index (χ4v) is 2.46. The lowest BCUT2D eigenvalue weighted by atomic mass is 9.96. The molecule has 5 heteroatoms. The first-order valence-electron chi connectivity index (χ1n) is 6.42. The van der Waals surface area contributed by atoms with E-state index in [2.05, 4.69) is 10.6 Å². The second-order valence-electron chi connectivity index (χ2n) is 4.83. The Kier molecular flexibility index (Phi) is 6.85. The lowest BCUT2D eigenvalue weighted by Crippen LogP contribution is -2.33. The molecule has 0 aliphatic carbocycles. The summed E-state index contributed by atoms with van der Waals surface area (Å²) in [7, 11) is 0. The van der Waals surface area contributed by atoms with Crippen LogP contribution in [0.3, 0.4) is 0 Å². The van der Waals surface area contributed by atoms with Crippen LogP contribution in [0.2, 0.25) is 0 Å². The summed E-state index contributed by atoms with van der Waals surface area (Å²) < 4.78 is 5.31. The van der Waals surface area contributed by atoms with Gasteiger partial charge >= 0.3 is 0 Å². The van der Waals surface area contributed by atoms with Crippen LogP contribution in [-0.2, 0) is 9.53 Å². The van der Waals surface area contributed by atoms with Crippen LogP contribution in [0.5, 0.6) is 0 Å². The lowest BCUT2D eigenvalue weighted by molar-refractivity contribution is -0.124.